The molecule has 2 rings (SSSR count). The van der Waals surface area contributed by atoms with Crippen molar-refractivity contribution in [1.82, 2.24) is 25.5 Å². The van der Waals surface area contributed by atoms with Crippen LogP contribution in [0.2, 0.25) is 0 Å². The lowest BCUT2D eigenvalue weighted by atomic mass is 9.94. The van der Waals surface area contributed by atoms with Gasteiger partial charge in [0.1, 0.15) is 0 Å². The van der Waals surface area contributed by atoms with E-state index in [1.54, 1.807) is 4.80 Å². The van der Waals surface area contributed by atoms with Gasteiger partial charge in [0.05, 0.1) is 6.54 Å². The minimum Gasteiger partial charge on any atom is -0.319 e. The maximum atomic E-state index is 4.41. The molecule has 0 radical (unpaired) electrons. The highest BCUT2D eigenvalue weighted by molar-refractivity contribution is 5.52. The first-order valence-corrected chi connectivity index (χ1v) is 6.08. The van der Waals surface area contributed by atoms with E-state index in [1.165, 1.54) is 0 Å². The molecule has 0 saturated heterocycles. The van der Waals surface area contributed by atoms with Gasteiger partial charge in [-0.25, -0.2) is 0 Å². The first kappa shape index (κ1) is 12.7. The summed E-state index contributed by atoms with van der Waals surface area (Å²) < 4.78 is 0. The Kier molecular flexibility index (Phi) is 3.72. The largest absolute Gasteiger partial charge is 0.319 e. The average Bonchev–Trinajstić information content (AvgIpc) is 2.77. The van der Waals surface area contributed by atoms with E-state index in [0.29, 0.717) is 5.82 Å². The van der Waals surface area contributed by atoms with Crippen molar-refractivity contribution in [3.8, 4) is 11.4 Å². The topological polar surface area (TPSA) is 55.6 Å². The van der Waals surface area contributed by atoms with Gasteiger partial charge in [0, 0.05) is 12.1 Å². The number of nitrogens with zero attached hydrogens (tertiary/aromatic N) is 4. The Labute approximate surface area is 107 Å². The fraction of sp³-hybridized carbons (Fsp3) is 0.462. The Morgan fingerprint density at radius 1 is 1.22 bits per heavy atom. The van der Waals surface area contributed by atoms with E-state index in [1.807, 2.05) is 37.4 Å². The summed E-state index contributed by atoms with van der Waals surface area (Å²) in [6, 6.07) is 9.89. The van der Waals surface area contributed by atoms with E-state index in [2.05, 4.69) is 34.6 Å². The molecule has 1 aromatic carbocycles. The van der Waals surface area contributed by atoms with Crippen LogP contribution < -0.4 is 5.32 Å². The predicted molar refractivity (Wildman–Crippen MR) is 71.0 cm³/mol. The zero-order valence-corrected chi connectivity index (χ0v) is 11.1. The van der Waals surface area contributed by atoms with Crippen molar-refractivity contribution in [3.63, 3.8) is 0 Å². The van der Waals surface area contributed by atoms with E-state index < -0.39 is 0 Å². The van der Waals surface area contributed by atoms with Gasteiger partial charge in [-0.1, -0.05) is 44.2 Å². The summed E-state index contributed by atoms with van der Waals surface area (Å²) in [4.78, 5) is 1.67. The summed E-state index contributed by atoms with van der Waals surface area (Å²) in [6.45, 7) is 6.01. The van der Waals surface area contributed by atoms with E-state index in [-0.39, 0.29) is 5.41 Å². The van der Waals surface area contributed by atoms with Gasteiger partial charge in [0.2, 0.25) is 5.82 Å². The zero-order chi connectivity index (χ0) is 13.0. The average molecular weight is 245 g/mol. The quantitative estimate of drug-likeness (QED) is 0.869. The standard InChI is InChI=1S/C13H19N5/c1-13(2,9-14-3)10-18-16-12(15-17-18)11-7-5-4-6-8-11/h4-8,14H,9-10H2,1-3H3. The highest BCUT2D eigenvalue weighted by atomic mass is 15.6. The molecule has 0 aliphatic carbocycles. The van der Waals surface area contributed by atoms with Gasteiger partial charge < -0.3 is 5.32 Å². The maximum Gasteiger partial charge on any atom is 0.204 e. The lowest BCUT2D eigenvalue weighted by Gasteiger charge is -2.22. The van der Waals surface area contributed by atoms with Crippen molar-refractivity contribution in [1.29, 1.82) is 0 Å². The van der Waals surface area contributed by atoms with Crippen LogP contribution >= 0.6 is 0 Å². The molecule has 0 fully saturated rings. The fourth-order valence-corrected chi connectivity index (χ4v) is 1.93. The zero-order valence-electron chi connectivity index (χ0n) is 11.1. The number of hydrogen-bond donors (Lipinski definition) is 1. The van der Waals surface area contributed by atoms with Crippen molar-refractivity contribution in [2.45, 2.75) is 20.4 Å². The van der Waals surface area contributed by atoms with Crippen LogP contribution in [0.5, 0.6) is 0 Å². The van der Waals surface area contributed by atoms with Crippen LogP contribution in [-0.2, 0) is 6.54 Å². The third kappa shape index (κ3) is 3.13. The SMILES string of the molecule is CNCC(C)(C)Cn1nnc(-c2ccccc2)n1. The second-order valence-electron chi connectivity index (χ2n) is 5.20. The Balaban J connectivity index is 2.12. The van der Waals surface area contributed by atoms with Crippen LogP contribution in [0.15, 0.2) is 30.3 Å². The monoisotopic (exact) mass is 245 g/mol. The minimum absolute atomic E-state index is 0.101. The van der Waals surface area contributed by atoms with E-state index in [4.69, 9.17) is 0 Å². The van der Waals surface area contributed by atoms with Crippen LogP contribution in [0.1, 0.15) is 13.8 Å². The highest BCUT2D eigenvalue weighted by Crippen LogP contribution is 2.17. The number of hydrogen-bond acceptors (Lipinski definition) is 4. The molecule has 0 unspecified atom stereocenters. The van der Waals surface area contributed by atoms with Crippen LogP contribution in [0.25, 0.3) is 11.4 Å². The lowest BCUT2D eigenvalue weighted by molar-refractivity contribution is 0.264. The van der Waals surface area contributed by atoms with Gasteiger partial charge in [0.25, 0.3) is 0 Å². The van der Waals surface area contributed by atoms with Crippen molar-refractivity contribution >= 4 is 0 Å². The van der Waals surface area contributed by atoms with Crippen molar-refractivity contribution in [2.24, 2.45) is 5.41 Å². The van der Waals surface area contributed by atoms with Crippen molar-refractivity contribution in [2.75, 3.05) is 13.6 Å². The summed E-state index contributed by atoms with van der Waals surface area (Å²) in [7, 11) is 1.95. The first-order chi connectivity index (χ1) is 8.61. The van der Waals surface area contributed by atoms with Gasteiger partial charge in [0.15, 0.2) is 0 Å². The molecule has 2 aromatic rings. The maximum absolute atomic E-state index is 4.41. The number of aromatic nitrogens is 4. The summed E-state index contributed by atoms with van der Waals surface area (Å²) in [5.74, 6) is 0.677. The smallest absolute Gasteiger partial charge is 0.204 e. The summed E-state index contributed by atoms with van der Waals surface area (Å²) in [5.41, 5.74) is 1.10. The molecule has 18 heavy (non-hydrogen) atoms. The summed E-state index contributed by atoms with van der Waals surface area (Å²) in [6.07, 6.45) is 0. The summed E-state index contributed by atoms with van der Waals surface area (Å²) in [5, 5.41) is 15.8. The van der Waals surface area contributed by atoms with Crippen molar-refractivity contribution < 1.29 is 0 Å². The number of tetrazole rings is 1. The van der Waals surface area contributed by atoms with Crippen LogP contribution in [0.3, 0.4) is 0 Å². The van der Waals surface area contributed by atoms with Gasteiger partial charge in [-0.05, 0) is 17.7 Å². The molecular weight excluding hydrogens is 226 g/mol. The van der Waals surface area contributed by atoms with Gasteiger partial charge in [-0.15, -0.1) is 10.2 Å². The van der Waals surface area contributed by atoms with Crippen LogP contribution in [0, 0.1) is 5.41 Å². The molecule has 0 aliphatic heterocycles. The molecule has 0 spiro atoms. The lowest BCUT2D eigenvalue weighted by Crippen LogP contribution is -2.31. The number of benzene rings is 1. The molecule has 1 aromatic heterocycles. The van der Waals surface area contributed by atoms with E-state index in [0.717, 1.165) is 18.7 Å². The van der Waals surface area contributed by atoms with E-state index >= 15 is 0 Å². The Morgan fingerprint density at radius 2 is 1.94 bits per heavy atom. The van der Waals surface area contributed by atoms with Crippen LogP contribution in [0.4, 0.5) is 0 Å². The molecule has 0 bridgehead atoms. The van der Waals surface area contributed by atoms with Gasteiger partial charge in [-0.3, -0.25) is 0 Å². The molecule has 0 amide bonds. The third-order valence-corrected chi connectivity index (χ3v) is 2.71. The summed E-state index contributed by atoms with van der Waals surface area (Å²) >= 11 is 0. The van der Waals surface area contributed by atoms with E-state index in [9.17, 15) is 0 Å². The predicted octanol–water partition coefficient (Wildman–Crippen LogP) is 1.59. The highest BCUT2D eigenvalue weighted by Gasteiger charge is 2.19. The molecule has 1 heterocycles. The van der Waals surface area contributed by atoms with Crippen molar-refractivity contribution in [3.05, 3.63) is 30.3 Å². The number of rotatable bonds is 5. The molecule has 0 saturated carbocycles. The normalized spacial score (nSPS) is 11.7. The first-order valence-electron chi connectivity index (χ1n) is 6.08. The third-order valence-electron chi connectivity index (χ3n) is 2.71. The second-order valence-corrected chi connectivity index (χ2v) is 5.20. The molecule has 96 valence electrons. The minimum atomic E-state index is 0.101. The fourth-order valence-electron chi connectivity index (χ4n) is 1.93. The number of nitrogens with one attached hydrogen (secondary N) is 1. The molecule has 5 nitrogen and oxygen atoms in total. The van der Waals surface area contributed by atoms with Gasteiger partial charge in [-0.2, -0.15) is 4.80 Å². The molecule has 5 heteroatoms. The molecule has 0 atom stereocenters. The molecular formula is C13H19N5. The van der Waals surface area contributed by atoms with Gasteiger partial charge >= 0.3 is 0 Å². The molecule has 1 N–H and O–H groups in total. The Morgan fingerprint density at radius 3 is 2.61 bits per heavy atom. The second kappa shape index (κ2) is 5.27. The Hall–Kier alpha value is -1.75. The Bertz CT molecular complexity index is 489. The molecule has 0 aliphatic rings. The van der Waals surface area contributed by atoms with Crippen LogP contribution in [-0.4, -0.2) is 33.8 Å².